The number of carbonyl (C=O) groups excluding carboxylic acids is 1. The van der Waals surface area contributed by atoms with E-state index in [1.54, 1.807) is 37.6 Å². The number of ether oxygens (including phenoxy) is 1. The van der Waals surface area contributed by atoms with Gasteiger partial charge in [0.2, 0.25) is 0 Å². The molecule has 1 fully saturated rings. The molecule has 3 heterocycles. The van der Waals surface area contributed by atoms with Crippen molar-refractivity contribution < 1.29 is 22.7 Å². The SMILES string of the molecule is Cc1ncc(C(C)NC(=O)c2cc(OC3CCN(CC(F)(F)F)CC3)cc(-c3ncc(C)s3)c2)cn1. The van der Waals surface area contributed by atoms with E-state index >= 15 is 0 Å². The van der Waals surface area contributed by atoms with Crippen LogP contribution in [0.3, 0.4) is 0 Å². The summed E-state index contributed by atoms with van der Waals surface area (Å²) in [5, 5.41) is 3.73. The number of likely N-dealkylation sites (tertiary alicyclic amines) is 1. The highest BCUT2D eigenvalue weighted by Crippen LogP contribution is 2.31. The molecule has 1 aromatic carbocycles. The van der Waals surface area contributed by atoms with Crippen LogP contribution >= 0.6 is 11.3 Å². The first-order chi connectivity index (χ1) is 17.1. The fourth-order valence-electron chi connectivity index (χ4n) is 4.03. The van der Waals surface area contributed by atoms with Gasteiger partial charge in [-0.3, -0.25) is 9.69 Å². The number of amides is 1. The van der Waals surface area contributed by atoms with Crippen molar-refractivity contribution in [1.29, 1.82) is 0 Å². The molecule has 1 atom stereocenters. The number of piperidine rings is 1. The van der Waals surface area contributed by atoms with Gasteiger partial charge in [0.25, 0.3) is 5.91 Å². The van der Waals surface area contributed by atoms with E-state index in [9.17, 15) is 18.0 Å². The lowest BCUT2D eigenvalue weighted by atomic mass is 10.1. The molecule has 3 aromatic rings. The van der Waals surface area contributed by atoms with E-state index in [-0.39, 0.29) is 18.1 Å². The summed E-state index contributed by atoms with van der Waals surface area (Å²) in [7, 11) is 0. The molecule has 7 nitrogen and oxygen atoms in total. The van der Waals surface area contributed by atoms with Crippen molar-refractivity contribution in [3.8, 4) is 16.3 Å². The lowest BCUT2D eigenvalue weighted by Crippen LogP contribution is -2.42. The van der Waals surface area contributed by atoms with Gasteiger partial charge in [0.15, 0.2) is 0 Å². The molecule has 192 valence electrons. The molecule has 1 amide bonds. The minimum Gasteiger partial charge on any atom is -0.490 e. The Morgan fingerprint density at radius 2 is 1.83 bits per heavy atom. The normalized spacial score (nSPS) is 16.1. The summed E-state index contributed by atoms with van der Waals surface area (Å²) in [5.74, 6) is 0.851. The highest BCUT2D eigenvalue weighted by molar-refractivity contribution is 7.14. The maximum absolute atomic E-state index is 13.2. The second-order valence-electron chi connectivity index (χ2n) is 8.99. The number of carbonyl (C=O) groups is 1. The molecular weight excluding hydrogens is 491 g/mol. The number of thiazole rings is 1. The van der Waals surface area contributed by atoms with Crippen molar-refractivity contribution in [2.75, 3.05) is 19.6 Å². The van der Waals surface area contributed by atoms with E-state index in [0.29, 0.717) is 43.1 Å². The quantitative estimate of drug-likeness (QED) is 0.467. The van der Waals surface area contributed by atoms with Gasteiger partial charge in [0.1, 0.15) is 22.7 Å². The first-order valence-electron chi connectivity index (χ1n) is 11.7. The fraction of sp³-hybridized carbons (Fsp3) is 0.440. The maximum Gasteiger partial charge on any atom is 0.401 e. The number of nitrogens with one attached hydrogen (secondary N) is 1. The Kier molecular flexibility index (Phi) is 7.89. The minimum atomic E-state index is -4.21. The lowest BCUT2D eigenvalue weighted by Gasteiger charge is -2.32. The summed E-state index contributed by atoms with van der Waals surface area (Å²) in [6.45, 7) is 5.30. The monoisotopic (exact) mass is 519 g/mol. The molecule has 0 spiro atoms. The highest BCUT2D eigenvalue weighted by Gasteiger charge is 2.33. The lowest BCUT2D eigenvalue weighted by molar-refractivity contribution is -0.149. The predicted molar refractivity (Wildman–Crippen MR) is 131 cm³/mol. The standard InChI is InChI=1S/C25H28F3N5O2S/c1-15-11-31-24(36-15)19-8-18(23(34)32-16(2)20-12-29-17(3)30-13-20)9-22(10-19)35-21-4-6-33(7-5-21)14-25(26,27)28/h8-13,16,21H,4-7,14H2,1-3H3,(H,32,34). The number of nitrogens with zero attached hydrogens (tertiary/aromatic N) is 4. The molecule has 1 unspecified atom stereocenters. The smallest absolute Gasteiger partial charge is 0.401 e. The molecule has 1 N–H and O–H groups in total. The molecule has 0 bridgehead atoms. The van der Waals surface area contributed by atoms with Gasteiger partial charge in [-0.25, -0.2) is 15.0 Å². The minimum absolute atomic E-state index is 0.234. The summed E-state index contributed by atoms with van der Waals surface area (Å²) < 4.78 is 44.3. The maximum atomic E-state index is 13.2. The van der Waals surface area contributed by atoms with Gasteiger partial charge in [-0.15, -0.1) is 11.3 Å². The van der Waals surface area contributed by atoms with Gasteiger partial charge in [-0.05, 0) is 51.8 Å². The average molecular weight is 520 g/mol. The van der Waals surface area contributed by atoms with Gasteiger partial charge in [-0.1, -0.05) is 0 Å². The zero-order valence-electron chi connectivity index (χ0n) is 20.3. The Balaban J connectivity index is 1.51. The Morgan fingerprint density at radius 3 is 2.44 bits per heavy atom. The number of halogens is 3. The van der Waals surface area contributed by atoms with E-state index in [1.165, 1.54) is 16.2 Å². The molecule has 11 heteroatoms. The highest BCUT2D eigenvalue weighted by atomic mass is 32.1. The Bertz CT molecular complexity index is 1190. The van der Waals surface area contributed by atoms with Crippen LogP contribution in [0.4, 0.5) is 13.2 Å². The number of hydrogen-bond acceptors (Lipinski definition) is 7. The van der Waals surface area contributed by atoms with Crippen molar-refractivity contribution in [1.82, 2.24) is 25.2 Å². The number of rotatable bonds is 7. The van der Waals surface area contributed by atoms with E-state index in [4.69, 9.17) is 4.74 Å². The van der Waals surface area contributed by atoms with E-state index < -0.39 is 12.7 Å². The second-order valence-corrected chi connectivity index (χ2v) is 10.2. The number of alkyl halides is 3. The number of aromatic nitrogens is 3. The fourth-order valence-corrected chi connectivity index (χ4v) is 4.78. The van der Waals surface area contributed by atoms with Crippen LogP contribution < -0.4 is 10.1 Å². The van der Waals surface area contributed by atoms with Crippen LogP contribution in [-0.2, 0) is 0 Å². The third kappa shape index (κ3) is 7.01. The van der Waals surface area contributed by atoms with E-state index in [2.05, 4.69) is 20.3 Å². The summed E-state index contributed by atoms with van der Waals surface area (Å²) in [4.78, 5) is 28.4. The first kappa shape index (κ1) is 26.0. The van der Waals surface area contributed by atoms with Crippen molar-refractivity contribution in [2.45, 2.75) is 51.9 Å². The van der Waals surface area contributed by atoms with Crippen molar-refractivity contribution >= 4 is 17.2 Å². The molecule has 0 aliphatic carbocycles. The van der Waals surface area contributed by atoms with Crippen LogP contribution in [0.25, 0.3) is 10.6 Å². The van der Waals surface area contributed by atoms with Crippen LogP contribution in [-0.4, -0.2) is 57.7 Å². The van der Waals surface area contributed by atoms with Gasteiger partial charge < -0.3 is 10.1 Å². The Labute approximate surface area is 211 Å². The number of aryl methyl sites for hydroxylation is 2. The van der Waals surface area contributed by atoms with Crippen LogP contribution in [0.2, 0.25) is 0 Å². The largest absolute Gasteiger partial charge is 0.490 e. The Hall–Kier alpha value is -3.05. The van der Waals surface area contributed by atoms with Crippen molar-refractivity contribution in [3.63, 3.8) is 0 Å². The zero-order chi connectivity index (χ0) is 25.9. The van der Waals surface area contributed by atoms with E-state index in [0.717, 1.165) is 21.0 Å². The average Bonchev–Trinajstić information content (AvgIpc) is 3.26. The zero-order valence-corrected chi connectivity index (χ0v) is 21.1. The topological polar surface area (TPSA) is 80.2 Å². The van der Waals surface area contributed by atoms with Crippen LogP contribution in [0.1, 0.15) is 52.4 Å². The summed E-state index contributed by atoms with van der Waals surface area (Å²) in [6, 6.07) is 4.95. The summed E-state index contributed by atoms with van der Waals surface area (Å²) in [6.07, 6.45) is 1.64. The molecular formula is C25H28F3N5O2S. The summed E-state index contributed by atoms with van der Waals surface area (Å²) >= 11 is 1.51. The van der Waals surface area contributed by atoms with E-state index in [1.807, 2.05) is 19.9 Å². The number of benzene rings is 1. The molecule has 1 saturated heterocycles. The molecule has 36 heavy (non-hydrogen) atoms. The van der Waals surface area contributed by atoms with Gasteiger partial charge in [0.05, 0.1) is 12.6 Å². The third-order valence-corrected chi connectivity index (χ3v) is 6.89. The van der Waals surface area contributed by atoms with Crippen LogP contribution in [0.15, 0.2) is 36.8 Å². The molecule has 2 aromatic heterocycles. The molecule has 4 rings (SSSR count). The van der Waals surface area contributed by atoms with Crippen molar-refractivity contribution in [3.05, 3.63) is 58.6 Å². The molecule has 0 radical (unpaired) electrons. The molecule has 1 aliphatic heterocycles. The van der Waals surface area contributed by atoms with Crippen molar-refractivity contribution in [2.24, 2.45) is 0 Å². The first-order valence-corrected chi connectivity index (χ1v) is 12.5. The molecule has 1 aliphatic rings. The third-order valence-electron chi connectivity index (χ3n) is 5.93. The number of hydrogen-bond donors (Lipinski definition) is 1. The van der Waals surface area contributed by atoms with Crippen LogP contribution in [0, 0.1) is 13.8 Å². The predicted octanol–water partition coefficient (Wildman–Crippen LogP) is 5.11. The second kappa shape index (κ2) is 10.9. The summed E-state index contributed by atoms with van der Waals surface area (Å²) in [5.41, 5.74) is 1.93. The Morgan fingerprint density at radius 1 is 1.14 bits per heavy atom. The van der Waals surface area contributed by atoms with Gasteiger partial charge in [-0.2, -0.15) is 13.2 Å². The molecule has 0 saturated carbocycles. The van der Waals surface area contributed by atoms with Gasteiger partial charge in [0, 0.05) is 53.2 Å². The van der Waals surface area contributed by atoms with Gasteiger partial charge >= 0.3 is 6.18 Å². The van der Waals surface area contributed by atoms with Crippen LogP contribution in [0.5, 0.6) is 5.75 Å².